The largest absolute Gasteiger partial charge is 0.312 e. The Hall–Kier alpha value is -5.11. The molecular weight excluding hydrogens is 566 g/mol. The highest BCUT2D eigenvalue weighted by molar-refractivity contribution is 6.30. The third kappa shape index (κ3) is 3.24. The number of halogens is 1. The van der Waals surface area contributed by atoms with Crippen molar-refractivity contribution in [2.45, 2.75) is 11.3 Å². The summed E-state index contributed by atoms with van der Waals surface area (Å²) in [5.41, 5.74) is 14.0. The van der Waals surface area contributed by atoms with Gasteiger partial charge in [0.2, 0.25) is 0 Å². The fourth-order valence-electron chi connectivity index (χ4n) is 8.93. The molecule has 2 heteroatoms. The Morgan fingerprint density at radius 2 is 1.24 bits per heavy atom. The second-order valence-electron chi connectivity index (χ2n) is 12.6. The molecule has 212 valence electrons. The number of nitrogens with zero attached hydrogens (tertiary/aromatic N) is 1. The van der Waals surface area contributed by atoms with Crippen LogP contribution < -0.4 is 0 Å². The predicted molar refractivity (Wildman–Crippen MR) is 188 cm³/mol. The van der Waals surface area contributed by atoms with Gasteiger partial charge in [0.15, 0.2) is 0 Å². The van der Waals surface area contributed by atoms with Gasteiger partial charge in [0.1, 0.15) is 0 Å². The molecule has 10 rings (SSSR count). The summed E-state index contributed by atoms with van der Waals surface area (Å²) in [6, 6.07) is 51.2. The van der Waals surface area contributed by atoms with Gasteiger partial charge in [-0.05, 0) is 80.9 Å². The highest BCUT2D eigenvalue weighted by atomic mass is 35.5. The number of rotatable bonds is 2. The van der Waals surface area contributed by atoms with Gasteiger partial charge in [-0.2, -0.15) is 0 Å². The van der Waals surface area contributed by atoms with Gasteiger partial charge in [0, 0.05) is 33.3 Å². The molecule has 1 spiro atoms. The maximum absolute atomic E-state index is 6.86. The number of para-hydroxylation sites is 1. The van der Waals surface area contributed by atoms with Crippen LogP contribution in [0.4, 0.5) is 0 Å². The Morgan fingerprint density at radius 3 is 2.04 bits per heavy atom. The van der Waals surface area contributed by atoms with Crippen molar-refractivity contribution in [1.82, 2.24) is 4.57 Å². The Bertz CT molecular complexity index is 2360. The Morgan fingerprint density at radius 1 is 0.556 bits per heavy atom. The molecule has 7 aromatic rings. The lowest BCUT2D eigenvalue weighted by Crippen LogP contribution is -2.34. The van der Waals surface area contributed by atoms with Gasteiger partial charge in [-0.15, -0.1) is 0 Å². The Balaban J connectivity index is 1.25. The topological polar surface area (TPSA) is 4.93 Å². The van der Waals surface area contributed by atoms with Crippen molar-refractivity contribution in [2.75, 3.05) is 0 Å². The van der Waals surface area contributed by atoms with E-state index in [1.54, 1.807) is 0 Å². The van der Waals surface area contributed by atoms with Crippen molar-refractivity contribution in [3.63, 3.8) is 0 Å². The number of aromatic nitrogens is 1. The molecule has 1 nitrogen and oxygen atoms in total. The lowest BCUT2D eigenvalue weighted by atomic mass is 9.65. The monoisotopic (exact) mass is 593 g/mol. The molecule has 0 amide bonds. The molecular formula is C43H28ClN. The van der Waals surface area contributed by atoms with Gasteiger partial charge in [-0.3, -0.25) is 0 Å². The average molecular weight is 594 g/mol. The van der Waals surface area contributed by atoms with Gasteiger partial charge < -0.3 is 4.57 Å². The van der Waals surface area contributed by atoms with E-state index < -0.39 is 0 Å². The summed E-state index contributed by atoms with van der Waals surface area (Å²) >= 11 is 6.86. The SMILES string of the molecule is Clc1ccc2c(c1)C1(c3ccccc3-c3ccccc31)C1C=CC=C(n3c4ccccc4c4cc(-c5ccccc5)ccc43)C21. The fourth-order valence-corrected chi connectivity index (χ4v) is 9.11. The standard InChI is InChI=1S/C43H28ClN/c44-29-22-23-33-38(26-29)43(35-16-7-4-13-30(35)31-14-5-8-17-36(31)43)37-18-10-20-41(42(33)37)45-39-19-9-6-15-32(39)34-25-28(21-24-40(34)45)27-11-2-1-3-12-27/h1-26,37,42H. The molecule has 3 aliphatic rings. The molecule has 0 radical (unpaired) electrons. The maximum atomic E-state index is 6.86. The van der Waals surface area contributed by atoms with Gasteiger partial charge in [-0.25, -0.2) is 0 Å². The van der Waals surface area contributed by atoms with E-state index in [-0.39, 0.29) is 17.3 Å². The zero-order valence-electron chi connectivity index (χ0n) is 24.5. The molecule has 0 saturated carbocycles. The summed E-state index contributed by atoms with van der Waals surface area (Å²) in [6.07, 6.45) is 7.11. The smallest absolute Gasteiger partial charge is 0.0539 e. The van der Waals surface area contributed by atoms with Crippen LogP contribution in [0.5, 0.6) is 0 Å². The number of hydrogen-bond donors (Lipinski definition) is 0. The first-order valence-corrected chi connectivity index (χ1v) is 16.1. The summed E-state index contributed by atoms with van der Waals surface area (Å²) in [7, 11) is 0. The minimum atomic E-state index is -0.326. The van der Waals surface area contributed by atoms with Crippen molar-refractivity contribution in [2.24, 2.45) is 5.92 Å². The molecule has 2 atom stereocenters. The molecule has 45 heavy (non-hydrogen) atoms. The van der Waals surface area contributed by atoms with Crippen molar-refractivity contribution < 1.29 is 0 Å². The van der Waals surface area contributed by atoms with Crippen molar-refractivity contribution in [3.05, 3.63) is 185 Å². The number of benzene rings is 6. The minimum Gasteiger partial charge on any atom is -0.312 e. The first kappa shape index (κ1) is 25.2. The Labute approximate surface area is 267 Å². The summed E-state index contributed by atoms with van der Waals surface area (Å²) in [5.74, 6) is 0.338. The van der Waals surface area contributed by atoms with Crippen molar-refractivity contribution in [1.29, 1.82) is 0 Å². The van der Waals surface area contributed by atoms with Gasteiger partial charge in [-0.1, -0.05) is 133 Å². The molecule has 1 heterocycles. The van der Waals surface area contributed by atoms with Crippen LogP contribution in [0.25, 0.3) is 49.8 Å². The van der Waals surface area contributed by atoms with Crippen LogP contribution >= 0.6 is 11.6 Å². The highest BCUT2D eigenvalue weighted by Gasteiger charge is 2.58. The molecule has 0 fully saturated rings. The van der Waals surface area contributed by atoms with E-state index in [0.717, 1.165) is 5.02 Å². The highest BCUT2D eigenvalue weighted by Crippen LogP contribution is 2.67. The Kier molecular flexibility index (Phi) is 5.16. The molecule has 0 aliphatic heterocycles. The second kappa shape index (κ2) is 9.20. The van der Waals surface area contributed by atoms with E-state index in [2.05, 4.69) is 162 Å². The van der Waals surface area contributed by atoms with E-state index in [1.165, 1.54) is 72.0 Å². The molecule has 0 bridgehead atoms. The second-order valence-corrected chi connectivity index (χ2v) is 13.0. The molecule has 6 aromatic carbocycles. The fraction of sp³-hybridized carbons (Fsp3) is 0.0698. The minimum absolute atomic E-state index is 0.147. The summed E-state index contributed by atoms with van der Waals surface area (Å²) in [6.45, 7) is 0. The summed E-state index contributed by atoms with van der Waals surface area (Å²) in [5, 5.41) is 3.34. The number of hydrogen-bond acceptors (Lipinski definition) is 0. The molecule has 0 N–H and O–H groups in total. The maximum Gasteiger partial charge on any atom is 0.0539 e. The van der Waals surface area contributed by atoms with E-state index >= 15 is 0 Å². The van der Waals surface area contributed by atoms with Gasteiger partial charge in [0.05, 0.1) is 16.4 Å². The average Bonchev–Trinajstić information content (AvgIpc) is 3.70. The van der Waals surface area contributed by atoms with Crippen molar-refractivity contribution in [3.8, 4) is 22.3 Å². The van der Waals surface area contributed by atoms with E-state index in [9.17, 15) is 0 Å². The third-order valence-electron chi connectivity index (χ3n) is 10.6. The first-order chi connectivity index (χ1) is 22.2. The molecule has 3 aliphatic carbocycles. The van der Waals surface area contributed by atoms with Crippen LogP contribution in [-0.4, -0.2) is 4.57 Å². The lowest BCUT2D eigenvalue weighted by Gasteiger charge is -2.37. The lowest BCUT2D eigenvalue weighted by molar-refractivity contribution is 0.466. The van der Waals surface area contributed by atoms with Crippen LogP contribution in [-0.2, 0) is 5.41 Å². The number of allylic oxidation sites excluding steroid dienone is 4. The van der Waals surface area contributed by atoms with Crippen LogP contribution in [0.1, 0.15) is 28.2 Å². The molecule has 1 aromatic heterocycles. The van der Waals surface area contributed by atoms with Gasteiger partial charge in [0.25, 0.3) is 0 Å². The zero-order chi connectivity index (χ0) is 29.7. The number of fused-ring (bicyclic) bond motifs is 13. The molecule has 2 unspecified atom stereocenters. The van der Waals surface area contributed by atoms with Crippen LogP contribution in [0.2, 0.25) is 5.02 Å². The van der Waals surface area contributed by atoms with Crippen LogP contribution in [0.15, 0.2) is 158 Å². The molecule has 0 saturated heterocycles. The predicted octanol–water partition coefficient (Wildman–Crippen LogP) is 11.3. The van der Waals surface area contributed by atoms with Crippen LogP contribution in [0.3, 0.4) is 0 Å². The van der Waals surface area contributed by atoms with E-state index in [1.807, 2.05) is 0 Å². The first-order valence-electron chi connectivity index (χ1n) is 15.7. The van der Waals surface area contributed by atoms with E-state index in [0.29, 0.717) is 0 Å². The summed E-state index contributed by atoms with van der Waals surface area (Å²) < 4.78 is 2.53. The normalized spacial score (nSPS) is 18.6. The zero-order valence-corrected chi connectivity index (χ0v) is 25.2. The third-order valence-corrected chi connectivity index (χ3v) is 10.8. The van der Waals surface area contributed by atoms with Gasteiger partial charge >= 0.3 is 0 Å². The quantitative estimate of drug-likeness (QED) is 0.188. The summed E-state index contributed by atoms with van der Waals surface area (Å²) in [4.78, 5) is 0. The van der Waals surface area contributed by atoms with Crippen LogP contribution in [0, 0.1) is 5.92 Å². The van der Waals surface area contributed by atoms with Crippen molar-refractivity contribution >= 4 is 39.1 Å². The van der Waals surface area contributed by atoms with E-state index in [4.69, 9.17) is 11.6 Å².